The Morgan fingerprint density at radius 3 is 2.69 bits per heavy atom. The van der Waals surface area contributed by atoms with Crippen LogP contribution in [0.4, 0.5) is 9.18 Å². The Bertz CT molecular complexity index is 312. The van der Waals surface area contributed by atoms with E-state index in [0.717, 1.165) is 6.07 Å². The molecule has 1 aromatic carbocycles. The SMILES string of the molecule is CN(C)C(=O)Oc1cccc(F)c1. The highest BCUT2D eigenvalue weighted by atomic mass is 19.1. The fourth-order valence-corrected chi connectivity index (χ4v) is 0.723. The lowest BCUT2D eigenvalue weighted by Crippen LogP contribution is -2.25. The van der Waals surface area contributed by atoms with Crippen molar-refractivity contribution in [3.05, 3.63) is 30.1 Å². The van der Waals surface area contributed by atoms with Crippen LogP contribution < -0.4 is 4.74 Å². The minimum absolute atomic E-state index is 0.207. The second-order valence-electron chi connectivity index (χ2n) is 2.72. The number of amides is 1. The van der Waals surface area contributed by atoms with Crippen molar-refractivity contribution >= 4 is 6.09 Å². The molecule has 13 heavy (non-hydrogen) atoms. The fraction of sp³-hybridized carbons (Fsp3) is 0.222. The summed E-state index contributed by atoms with van der Waals surface area (Å²) in [7, 11) is 3.11. The summed E-state index contributed by atoms with van der Waals surface area (Å²) in [5.74, 6) is -0.220. The number of benzene rings is 1. The van der Waals surface area contributed by atoms with E-state index in [1.165, 1.54) is 23.1 Å². The van der Waals surface area contributed by atoms with Crippen molar-refractivity contribution in [2.75, 3.05) is 14.1 Å². The van der Waals surface area contributed by atoms with Gasteiger partial charge in [-0.2, -0.15) is 0 Å². The number of hydrogen-bond donors (Lipinski definition) is 0. The smallest absolute Gasteiger partial charge is 0.410 e. The van der Waals surface area contributed by atoms with Crippen LogP contribution in [0.3, 0.4) is 0 Å². The zero-order valence-corrected chi connectivity index (χ0v) is 7.45. The highest BCUT2D eigenvalue weighted by Gasteiger charge is 2.06. The first-order valence-electron chi connectivity index (χ1n) is 3.74. The van der Waals surface area contributed by atoms with Crippen LogP contribution in [0.2, 0.25) is 0 Å². The van der Waals surface area contributed by atoms with Crippen LogP contribution in [0, 0.1) is 5.82 Å². The van der Waals surface area contributed by atoms with E-state index in [0.29, 0.717) is 0 Å². The molecular formula is C9H10FNO2. The lowest BCUT2D eigenvalue weighted by atomic mass is 10.3. The van der Waals surface area contributed by atoms with Gasteiger partial charge in [0.25, 0.3) is 0 Å². The molecule has 1 amide bonds. The first-order chi connectivity index (χ1) is 6.09. The summed E-state index contributed by atoms with van der Waals surface area (Å²) in [4.78, 5) is 12.3. The maximum absolute atomic E-state index is 12.6. The number of ether oxygens (including phenoxy) is 1. The summed E-state index contributed by atoms with van der Waals surface area (Å²) >= 11 is 0. The molecule has 0 aliphatic rings. The van der Waals surface area contributed by atoms with Gasteiger partial charge in [-0.25, -0.2) is 9.18 Å². The van der Waals surface area contributed by atoms with Crippen molar-refractivity contribution in [2.24, 2.45) is 0 Å². The number of hydrogen-bond acceptors (Lipinski definition) is 2. The summed E-state index contributed by atoms with van der Waals surface area (Å²) in [5.41, 5.74) is 0. The fourth-order valence-electron chi connectivity index (χ4n) is 0.723. The van der Waals surface area contributed by atoms with E-state index in [4.69, 9.17) is 4.74 Å². The van der Waals surface area contributed by atoms with Crippen LogP contribution in [0.5, 0.6) is 5.75 Å². The van der Waals surface area contributed by atoms with Crippen LogP contribution in [-0.4, -0.2) is 25.1 Å². The van der Waals surface area contributed by atoms with Crippen molar-refractivity contribution in [1.29, 1.82) is 0 Å². The van der Waals surface area contributed by atoms with Crippen LogP contribution in [-0.2, 0) is 0 Å². The maximum Gasteiger partial charge on any atom is 0.414 e. The largest absolute Gasteiger partial charge is 0.414 e. The van der Waals surface area contributed by atoms with Crippen LogP contribution >= 0.6 is 0 Å². The minimum atomic E-state index is -0.523. The molecule has 0 N–H and O–H groups in total. The zero-order valence-electron chi connectivity index (χ0n) is 7.45. The van der Waals surface area contributed by atoms with Gasteiger partial charge in [-0.05, 0) is 12.1 Å². The molecule has 0 saturated heterocycles. The van der Waals surface area contributed by atoms with E-state index in [9.17, 15) is 9.18 Å². The van der Waals surface area contributed by atoms with Gasteiger partial charge in [-0.15, -0.1) is 0 Å². The molecule has 0 heterocycles. The summed E-state index contributed by atoms with van der Waals surface area (Å²) in [6, 6.07) is 5.44. The van der Waals surface area contributed by atoms with Crippen molar-refractivity contribution in [3.8, 4) is 5.75 Å². The van der Waals surface area contributed by atoms with Gasteiger partial charge in [0.2, 0.25) is 0 Å². The third-order valence-corrected chi connectivity index (χ3v) is 1.37. The van der Waals surface area contributed by atoms with Crippen LogP contribution in [0.1, 0.15) is 0 Å². The summed E-state index contributed by atoms with van der Waals surface area (Å²) in [6.45, 7) is 0. The Hall–Kier alpha value is -1.58. The number of rotatable bonds is 1. The van der Waals surface area contributed by atoms with Crippen LogP contribution in [0.25, 0.3) is 0 Å². The quantitative estimate of drug-likeness (QED) is 0.665. The first-order valence-corrected chi connectivity index (χ1v) is 3.74. The van der Waals surface area contributed by atoms with Gasteiger partial charge in [-0.1, -0.05) is 6.07 Å². The molecule has 0 radical (unpaired) electrons. The number of nitrogens with zero attached hydrogens (tertiary/aromatic N) is 1. The molecule has 1 aromatic rings. The van der Waals surface area contributed by atoms with E-state index in [1.54, 1.807) is 14.1 Å². The van der Waals surface area contributed by atoms with Gasteiger partial charge in [-0.3, -0.25) is 0 Å². The predicted octanol–water partition coefficient (Wildman–Crippen LogP) is 1.89. The number of carbonyl (C=O) groups is 1. The van der Waals surface area contributed by atoms with Gasteiger partial charge < -0.3 is 9.64 Å². The minimum Gasteiger partial charge on any atom is -0.410 e. The third-order valence-electron chi connectivity index (χ3n) is 1.37. The molecule has 0 aromatic heterocycles. The molecule has 4 heteroatoms. The second kappa shape index (κ2) is 3.89. The first kappa shape index (κ1) is 9.51. The average Bonchev–Trinajstić information content (AvgIpc) is 2.04. The highest BCUT2D eigenvalue weighted by Crippen LogP contribution is 2.12. The molecule has 0 atom stereocenters. The number of halogens is 1. The normalized spacial score (nSPS) is 9.46. The van der Waals surface area contributed by atoms with Gasteiger partial charge in [0.15, 0.2) is 0 Å². The Morgan fingerprint density at radius 2 is 2.15 bits per heavy atom. The molecule has 3 nitrogen and oxygen atoms in total. The molecular weight excluding hydrogens is 173 g/mol. The molecule has 0 fully saturated rings. The van der Waals surface area contributed by atoms with Gasteiger partial charge in [0, 0.05) is 20.2 Å². The Morgan fingerprint density at radius 1 is 1.46 bits per heavy atom. The van der Waals surface area contributed by atoms with E-state index in [2.05, 4.69) is 0 Å². The second-order valence-corrected chi connectivity index (χ2v) is 2.72. The van der Waals surface area contributed by atoms with Crippen molar-refractivity contribution in [1.82, 2.24) is 4.90 Å². The molecule has 0 saturated carbocycles. The third kappa shape index (κ3) is 2.74. The Kier molecular flexibility index (Phi) is 2.84. The lowest BCUT2D eigenvalue weighted by Gasteiger charge is -2.10. The highest BCUT2D eigenvalue weighted by molar-refractivity contribution is 5.69. The van der Waals surface area contributed by atoms with Gasteiger partial charge in [0.1, 0.15) is 11.6 Å². The van der Waals surface area contributed by atoms with Gasteiger partial charge in [0.05, 0.1) is 0 Å². The average molecular weight is 183 g/mol. The van der Waals surface area contributed by atoms with Gasteiger partial charge >= 0.3 is 6.09 Å². The zero-order chi connectivity index (χ0) is 9.84. The monoisotopic (exact) mass is 183 g/mol. The topological polar surface area (TPSA) is 29.5 Å². The Labute approximate surface area is 75.7 Å². The summed E-state index contributed by atoms with van der Waals surface area (Å²) in [5, 5.41) is 0. The van der Waals surface area contributed by atoms with Crippen molar-refractivity contribution < 1.29 is 13.9 Å². The standard InChI is InChI=1S/C9H10FNO2/c1-11(2)9(12)13-8-5-3-4-7(10)6-8/h3-6H,1-2H3. The van der Waals surface area contributed by atoms with E-state index in [1.807, 2.05) is 0 Å². The van der Waals surface area contributed by atoms with Crippen LogP contribution in [0.15, 0.2) is 24.3 Å². The van der Waals surface area contributed by atoms with Crippen molar-refractivity contribution in [3.63, 3.8) is 0 Å². The molecule has 0 aliphatic carbocycles. The lowest BCUT2D eigenvalue weighted by molar-refractivity contribution is 0.172. The molecule has 1 rings (SSSR count). The maximum atomic E-state index is 12.6. The summed E-state index contributed by atoms with van der Waals surface area (Å²) < 4.78 is 17.4. The Balaban J connectivity index is 2.69. The molecule has 70 valence electrons. The molecule has 0 spiro atoms. The number of carbonyl (C=O) groups excluding carboxylic acids is 1. The summed E-state index contributed by atoms with van der Waals surface area (Å²) in [6.07, 6.45) is -0.523. The van der Waals surface area contributed by atoms with E-state index in [-0.39, 0.29) is 5.75 Å². The predicted molar refractivity (Wildman–Crippen MR) is 46.1 cm³/mol. The molecule has 0 bridgehead atoms. The van der Waals surface area contributed by atoms with E-state index < -0.39 is 11.9 Å². The molecule has 0 unspecified atom stereocenters. The van der Waals surface area contributed by atoms with E-state index >= 15 is 0 Å². The molecule has 0 aliphatic heterocycles. The van der Waals surface area contributed by atoms with Crippen molar-refractivity contribution in [2.45, 2.75) is 0 Å².